The number of amides is 1. The maximum Gasteiger partial charge on any atom is 0.254 e. The molecule has 1 aromatic heterocycles. The lowest BCUT2D eigenvalue weighted by Crippen LogP contribution is -2.49. The van der Waals surface area contributed by atoms with Gasteiger partial charge in [0.25, 0.3) is 5.91 Å². The molecule has 0 radical (unpaired) electrons. The van der Waals surface area contributed by atoms with Crippen LogP contribution in [0.25, 0.3) is 5.69 Å². The third kappa shape index (κ3) is 3.26. The first-order chi connectivity index (χ1) is 12.7. The van der Waals surface area contributed by atoms with Gasteiger partial charge in [0.1, 0.15) is 0 Å². The van der Waals surface area contributed by atoms with Crippen molar-refractivity contribution in [2.24, 2.45) is 0 Å². The van der Waals surface area contributed by atoms with Gasteiger partial charge in [-0.05, 0) is 36.9 Å². The van der Waals surface area contributed by atoms with Crippen molar-refractivity contribution in [3.05, 3.63) is 84.2 Å². The van der Waals surface area contributed by atoms with E-state index in [1.165, 1.54) is 5.56 Å². The molecule has 2 aromatic carbocycles. The highest BCUT2D eigenvalue weighted by molar-refractivity contribution is 5.95. The Morgan fingerprint density at radius 3 is 2.65 bits per heavy atom. The number of aromatic nitrogens is 2. The molecule has 1 unspecified atom stereocenters. The van der Waals surface area contributed by atoms with E-state index in [9.17, 15) is 4.79 Å². The summed E-state index contributed by atoms with van der Waals surface area (Å²) in [5, 5.41) is 4.26. The van der Waals surface area contributed by atoms with Crippen molar-refractivity contribution in [1.29, 1.82) is 0 Å². The van der Waals surface area contributed by atoms with E-state index < -0.39 is 0 Å². The molecule has 5 nitrogen and oxygen atoms in total. The molecule has 5 heteroatoms. The molecule has 0 N–H and O–H groups in total. The molecule has 1 fully saturated rings. The molecule has 3 aromatic rings. The van der Waals surface area contributed by atoms with Gasteiger partial charge in [-0.25, -0.2) is 4.68 Å². The average molecular weight is 346 g/mol. The van der Waals surface area contributed by atoms with Crippen LogP contribution in [0.1, 0.15) is 22.0 Å². The minimum atomic E-state index is 0.0656. The second-order valence-electron chi connectivity index (χ2n) is 6.69. The summed E-state index contributed by atoms with van der Waals surface area (Å²) in [6, 6.07) is 19.9. The molecule has 4 rings (SSSR count). The molecule has 1 amide bonds. The van der Waals surface area contributed by atoms with E-state index in [1.807, 2.05) is 59.6 Å². The van der Waals surface area contributed by atoms with Crippen molar-refractivity contribution in [3.63, 3.8) is 0 Å². The average Bonchev–Trinajstić information content (AvgIpc) is 3.23. The number of hydrogen-bond donors (Lipinski definition) is 0. The Kier molecular flexibility index (Phi) is 4.54. The van der Waals surface area contributed by atoms with Crippen LogP contribution in [0.4, 0.5) is 0 Å². The maximum atomic E-state index is 13.3. The third-order valence-corrected chi connectivity index (χ3v) is 4.89. The number of likely N-dealkylation sites (N-methyl/N-ethyl adjacent to an activating group) is 1. The predicted octanol–water partition coefficient (Wildman–Crippen LogP) is 3.00. The van der Waals surface area contributed by atoms with Crippen molar-refractivity contribution in [2.45, 2.75) is 6.04 Å². The number of hydrogen-bond acceptors (Lipinski definition) is 3. The molecule has 0 aliphatic carbocycles. The standard InChI is InChI=1S/C21H22N4O/c1-23-13-14-24(20(16-23)17-7-3-2-4-8-17)21(26)18-9-5-10-19(15-18)25-12-6-11-22-25/h2-12,15,20H,13-14,16H2,1H3. The molecule has 2 heterocycles. The first-order valence-electron chi connectivity index (χ1n) is 8.87. The summed E-state index contributed by atoms with van der Waals surface area (Å²) in [7, 11) is 2.11. The highest BCUT2D eigenvalue weighted by Gasteiger charge is 2.30. The van der Waals surface area contributed by atoms with Crippen molar-refractivity contribution >= 4 is 5.91 Å². The number of carbonyl (C=O) groups excluding carboxylic acids is 1. The third-order valence-electron chi connectivity index (χ3n) is 4.89. The molecule has 132 valence electrons. The topological polar surface area (TPSA) is 41.4 Å². The molecular weight excluding hydrogens is 324 g/mol. The first-order valence-corrected chi connectivity index (χ1v) is 8.87. The Morgan fingerprint density at radius 1 is 1.04 bits per heavy atom. The lowest BCUT2D eigenvalue weighted by molar-refractivity contribution is 0.0498. The lowest BCUT2D eigenvalue weighted by Gasteiger charge is -2.40. The van der Waals surface area contributed by atoms with Crippen LogP contribution < -0.4 is 0 Å². The molecule has 26 heavy (non-hydrogen) atoms. The Hall–Kier alpha value is -2.92. The summed E-state index contributed by atoms with van der Waals surface area (Å²) in [6.07, 6.45) is 3.62. The van der Waals surface area contributed by atoms with E-state index in [0.717, 1.165) is 25.3 Å². The van der Waals surface area contributed by atoms with Crippen LogP contribution in [0.15, 0.2) is 73.1 Å². The van der Waals surface area contributed by atoms with Gasteiger partial charge in [0.2, 0.25) is 0 Å². The Balaban J connectivity index is 1.65. The summed E-state index contributed by atoms with van der Waals surface area (Å²) in [4.78, 5) is 17.6. The van der Waals surface area contributed by atoms with Crippen LogP contribution in [0.5, 0.6) is 0 Å². The van der Waals surface area contributed by atoms with Crippen LogP contribution in [0, 0.1) is 0 Å². The monoisotopic (exact) mass is 346 g/mol. The Bertz CT molecular complexity index is 876. The molecule has 1 aliphatic heterocycles. The van der Waals surface area contributed by atoms with Crippen molar-refractivity contribution in [1.82, 2.24) is 19.6 Å². The van der Waals surface area contributed by atoms with Crippen molar-refractivity contribution in [2.75, 3.05) is 26.7 Å². The zero-order valence-electron chi connectivity index (χ0n) is 14.8. The summed E-state index contributed by atoms with van der Waals surface area (Å²) in [5.74, 6) is 0.0703. The SMILES string of the molecule is CN1CCN(C(=O)c2cccc(-n3cccn3)c2)C(c2ccccc2)C1. The Labute approximate surface area is 153 Å². The minimum absolute atomic E-state index is 0.0656. The molecule has 0 bridgehead atoms. The molecule has 0 spiro atoms. The minimum Gasteiger partial charge on any atom is -0.329 e. The molecular formula is C21H22N4O. The fraction of sp³-hybridized carbons (Fsp3) is 0.238. The molecule has 1 aliphatic rings. The van der Waals surface area contributed by atoms with Crippen LogP contribution >= 0.6 is 0 Å². The van der Waals surface area contributed by atoms with Gasteiger partial charge in [-0.2, -0.15) is 5.10 Å². The molecule has 1 atom stereocenters. The quantitative estimate of drug-likeness (QED) is 0.732. The molecule has 1 saturated heterocycles. The van der Waals surface area contributed by atoms with E-state index in [2.05, 4.69) is 29.2 Å². The summed E-state index contributed by atoms with van der Waals surface area (Å²) in [6.45, 7) is 2.45. The van der Waals surface area contributed by atoms with Gasteiger partial charge in [-0.1, -0.05) is 36.4 Å². The number of carbonyl (C=O) groups is 1. The highest BCUT2D eigenvalue weighted by Crippen LogP contribution is 2.27. The number of nitrogens with zero attached hydrogens (tertiary/aromatic N) is 4. The van der Waals surface area contributed by atoms with Crippen LogP contribution in [-0.2, 0) is 0 Å². The van der Waals surface area contributed by atoms with Crippen molar-refractivity contribution < 1.29 is 4.79 Å². The van der Waals surface area contributed by atoms with Crippen LogP contribution in [0.3, 0.4) is 0 Å². The van der Waals surface area contributed by atoms with Gasteiger partial charge < -0.3 is 9.80 Å². The van der Waals surface area contributed by atoms with Gasteiger partial charge in [0.05, 0.1) is 11.7 Å². The van der Waals surface area contributed by atoms with Gasteiger partial charge in [-0.3, -0.25) is 4.79 Å². The number of piperazine rings is 1. The van der Waals surface area contributed by atoms with E-state index in [-0.39, 0.29) is 11.9 Å². The smallest absolute Gasteiger partial charge is 0.254 e. The highest BCUT2D eigenvalue weighted by atomic mass is 16.2. The normalized spacial score (nSPS) is 18.0. The summed E-state index contributed by atoms with van der Waals surface area (Å²) < 4.78 is 1.77. The summed E-state index contributed by atoms with van der Waals surface area (Å²) in [5.41, 5.74) is 2.77. The van der Waals surface area contributed by atoms with E-state index >= 15 is 0 Å². The fourth-order valence-electron chi connectivity index (χ4n) is 3.49. The second-order valence-corrected chi connectivity index (χ2v) is 6.69. The van der Waals surface area contributed by atoms with Gasteiger partial charge in [0, 0.05) is 37.6 Å². The van der Waals surface area contributed by atoms with Gasteiger partial charge >= 0.3 is 0 Å². The lowest BCUT2D eigenvalue weighted by atomic mass is 10.0. The predicted molar refractivity (Wildman–Crippen MR) is 101 cm³/mol. The largest absolute Gasteiger partial charge is 0.329 e. The van der Waals surface area contributed by atoms with E-state index in [4.69, 9.17) is 0 Å². The van der Waals surface area contributed by atoms with Crippen LogP contribution in [0.2, 0.25) is 0 Å². The Morgan fingerprint density at radius 2 is 1.88 bits per heavy atom. The van der Waals surface area contributed by atoms with Crippen LogP contribution in [-0.4, -0.2) is 52.2 Å². The number of benzene rings is 2. The maximum absolute atomic E-state index is 13.3. The molecule has 0 saturated carbocycles. The van der Waals surface area contributed by atoms with Crippen molar-refractivity contribution in [3.8, 4) is 5.69 Å². The van der Waals surface area contributed by atoms with Gasteiger partial charge in [-0.15, -0.1) is 0 Å². The van der Waals surface area contributed by atoms with E-state index in [0.29, 0.717) is 5.56 Å². The second kappa shape index (κ2) is 7.14. The summed E-state index contributed by atoms with van der Waals surface area (Å²) >= 11 is 0. The van der Waals surface area contributed by atoms with E-state index in [1.54, 1.807) is 10.9 Å². The fourth-order valence-corrected chi connectivity index (χ4v) is 3.49. The zero-order valence-corrected chi connectivity index (χ0v) is 14.8. The first kappa shape index (κ1) is 16.5. The zero-order chi connectivity index (χ0) is 17.9. The number of rotatable bonds is 3. The van der Waals surface area contributed by atoms with Gasteiger partial charge in [0.15, 0.2) is 0 Å².